The molecule has 0 spiro atoms. The van der Waals surface area contributed by atoms with E-state index in [1.165, 1.54) is 19.2 Å². The molecule has 1 N–H and O–H groups in total. The highest BCUT2D eigenvalue weighted by atomic mass is 32.1. The molecule has 0 bridgehead atoms. The molecule has 0 radical (unpaired) electrons. The first-order valence-corrected chi connectivity index (χ1v) is 9.62. The van der Waals surface area contributed by atoms with Gasteiger partial charge in [-0.05, 0) is 17.5 Å². The molecule has 144 valence electrons. The lowest BCUT2D eigenvalue weighted by atomic mass is 10.1. The van der Waals surface area contributed by atoms with Crippen molar-refractivity contribution in [1.29, 1.82) is 0 Å². The normalized spacial score (nSPS) is 13.9. The van der Waals surface area contributed by atoms with Gasteiger partial charge in [0.1, 0.15) is 5.75 Å². The predicted molar refractivity (Wildman–Crippen MR) is 106 cm³/mol. The smallest absolute Gasteiger partial charge is 0.273 e. The summed E-state index contributed by atoms with van der Waals surface area (Å²) in [6.07, 6.45) is 0.674. The second-order valence-corrected chi connectivity index (χ2v) is 7.48. The average Bonchev–Trinajstić information content (AvgIpc) is 3.23. The molecular formula is C19H18N4O4S. The van der Waals surface area contributed by atoms with Crippen LogP contribution in [0, 0.1) is 10.1 Å². The molecule has 0 unspecified atom stereocenters. The largest absolute Gasteiger partial charge is 0.496 e. The second-order valence-electron chi connectivity index (χ2n) is 6.53. The standard InChI is InChI=1S/C19H18N4O4S/c1-27-16-9-13(23(25)26)5-4-12(16)10-22-7-6-15-14(11-22)19(24)21-18(20-15)17-3-2-8-28-17/h2-5,8-9H,6-7,10-11H2,1H3,(H,20,21,24). The van der Waals surface area contributed by atoms with E-state index in [0.29, 0.717) is 36.6 Å². The summed E-state index contributed by atoms with van der Waals surface area (Å²) in [6, 6.07) is 8.46. The molecule has 3 aromatic rings. The van der Waals surface area contributed by atoms with Gasteiger partial charge in [0.15, 0.2) is 5.82 Å². The van der Waals surface area contributed by atoms with Gasteiger partial charge in [-0.15, -0.1) is 11.3 Å². The maximum atomic E-state index is 12.6. The van der Waals surface area contributed by atoms with Crippen LogP contribution in [0.5, 0.6) is 5.75 Å². The Morgan fingerprint density at radius 2 is 2.25 bits per heavy atom. The van der Waals surface area contributed by atoms with Gasteiger partial charge in [-0.25, -0.2) is 4.98 Å². The van der Waals surface area contributed by atoms with E-state index in [4.69, 9.17) is 4.74 Å². The summed E-state index contributed by atoms with van der Waals surface area (Å²) in [4.78, 5) is 33.7. The number of non-ortho nitro benzene ring substituents is 1. The minimum absolute atomic E-state index is 0.00802. The van der Waals surface area contributed by atoms with Crippen LogP contribution in [0.1, 0.15) is 16.8 Å². The zero-order valence-electron chi connectivity index (χ0n) is 15.2. The Morgan fingerprint density at radius 1 is 1.39 bits per heavy atom. The number of nitro benzene ring substituents is 1. The number of fused-ring (bicyclic) bond motifs is 1. The SMILES string of the molecule is COc1cc([N+](=O)[O-])ccc1CN1CCc2nc(-c3cccs3)[nH]c(=O)c2C1. The van der Waals surface area contributed by atoms with E-state index >= 15 is 0 Å². The highest BCUT2D eigenvalue weighted by Crippen LogP contribution is 2.28. The van der Waals surface area contributed by atoms with Crippen LogP contribution in [0.4, 0.5) is 5.69 Å². The van der Waals surface area contributed by atoms with Crippen LogP contribution < -0.4 is 10.3 Å². The van der Waals surface area contributed by atoms with Crippen LogP contribution in [0.2, 0.25) is 0 Å². The van der Waals surface area contributed by atoms with Crippen molar-refractivity contribution in [2.75, 3.05) is 13.7 Å². The summed E-state index contributed by atoms with van der Waals surface area (Å²) in [5.74, 6) is 1.09. The number of aromatic nitrogens is 2. The fourth-order valence-corrected chi connectivity index (χ4v) is 4.03. The van der Waals surface area contributed by atoms with Crippen LogP contribution in [0.25, 0.3) is 10.7 Å². The van der Waals surface area contributed by atoms with Gasteiger partial charge in [-0.2, -0.15) is 0 Å². The third kappa shape index (κ3) is 3.54. The Balaban J connectivity index is 1.56. The zero-order valence-corrected chi connectivity index (χ0v) is 16.0. The lowest BCUT2D eigenvalue weighted by Crippen LogP contribution is -2.35. The van der Waals surface area contributed by atoms with E-state index in [1.807, 2.05) is 17.5 Å². The number of aromatic amines is 1. The first-order valence-electron chi connectivity index (χ1n) is 8.75. The molecule has 1 aliphatic heterocycles. The number of ether oxygens (including phenoxy) is 1. The summed E-state index contributed by atoms with van der Waals surface area (Å²) in [5, 5.41) is 12.9. The Kier molecular flexibility index (Phi) is 4.93. The number of rotatable bonds is 5. The summed E-state index contributed by atoms with van der Waals surface area (Å²) < 4.78 is 5.32. The minimum atomic E-state index is -0.445. The second kappa shape index (κ2) is 7.53. The van der Waals surface area contributed by atoms with Crippen LogP contribution >= 0.6 is 11.3 Å². The van der Waals surface area contributed by atoms with Crippen LogP contribution in [-0.4, -0.2) is 33.4 Å². The van der Waals surface area contributed by atoms with Crippen molar-refractivity contribution in [2.24, 2.45) is 0 Å². The third-order valence-corrected chi connectivity index (χ3v) is 5.65. The maximum absolute atomic E-state index is 12.6. The fourth-order valence-electron chi connectivity index (χ4n) is 3.36. The van der Waals surface area contributed by atoms with Crippen molar-refractivity contribution in [1.82, 2.24) is 14.9 Å². The molecular weight excluding hydrogens is 380 g/mol. The summed E-state index contributed by atoms with van der Waals surface area (Å²) in [5.41, 5.74) is 2.22. The van der Waals surface area contributed by atoms with E-state index in [2.05, 4.69) is 14.9 Å². The Morgan fingerprint density at radius 3 is 2.96 bits per heavy atom. The van der Waals surface area contributed by atoms with E-state index in [-0.39, 0.29) is 11.2 Å². The highest BCUT2D eigenvalue weighted by molar-refractivity contribution is 7.13. The molecule has 1 aliphatic rings. The molecule has 28 heavy (non-hydrogen) atoms. The molecule has 0 saturated carbocycles. The van der Waals surface area contributed by atoms with E-state index in [9.17, 15) is 14.9 Å². The molecule has 0 amide bonds. The molecule has 0 aliphatic carbocycles. The molecule has 4 rings (SSSR count). The molecule has 0 fully saturated rings. The van der Waals surface area contributed by atoms with Gasteiger partial charge < -0.3 is 9.72 Å². The van der Waals surface area contributed by atoms with Gasteiger partial charge in [0.2, 0.25) is 0 Å². The lowest BCUT2D eigenvalue weighted by molar-refractivity contribution is -0.384. The zero-order chi connectivity index (χ0) is 19.7. The molecule has 1 aromatic carbocycles. The minimum Gasteiger partial charge on any atom is -0.496 e. The lowest BCUT2D eigenvalue weighted by Gasteiger charge is -2.28. The number of H-pyrrole nitrogens is 1. The van der Waals surface area contributed by atoms with Gasteiger partial charge in [-0.1, -0.05) is 6.07 Å². The van der Waals surface area contributed by atoms with E-state index in [1.54, 1.807) is 17.4 Å². The molecule has 0 saturated heterocycles. The fraction of sp³-hybridized carbons (Fsp3) is 0.263. The van der Waals surface area contributed by atoms with Crippen LogP contribution in [0.15, 0.2) is 40.5 Å². The van der Waals surface area contributed by atoms with Crippen LogP contribution in [-0.2, 0) is 19.5 Å². The Labute approximate surface area is 164 Å². The number of hydrogen-bond donors (Lipinski definition) is 1. The van der Waals surface area contributed by atoms with Gasteiger partial charge in [-0.3, -0.25) is 19.8 Å². The number of hydrogen-bond acceptors (Lipinski definition) is 7. The van der Waals surface area contributed by atoms with E-state index in [0.717, 1.165) is 22.7 Å². The van der Waals surface area contributed by atoms with Gasteiger partial charge in [0, 0.05) is 37.7 Å². The third-order valence-electron chi connectivity index (χ3n) is 4.78. The number of thiophene rings is 1. The number of benzene rings is 1. The summed E-state index contributed by atoms with van der Waals surface area (Å²) >= 11 is 1.54. The molecule has 2 aromatic heterocycles. The molecule has 0 atom stereocenters. The summed E-state index contributed by atoms with van der Waals surface area (Å²) in [6.45, 7) is 1.75. The maximum Gasteiger partial charge on any atom is 0.273 e. The van der Waals surface area contributed by atoms with Crippen molar-refractivity contribution >= 4 is 17.0 Å². The number of nitrogens with zero attached hydrogens (tertiary/aromatic N) is 3. The molecule has 3 heterocycles. The van der Waals surface area contributed by atoms with Crippen molar-refractivity contribution in [2.45, 2.75) is 19.5 Å². The van der Waals surface area contributed by atoms with Crippen molar-refractivity contribution in [3.63, 3.8) is 0 Å². The van der Waals surface area contributed by atoms with Crippen molar-refractivity contribution in [3.05, 3.63) is 73.0 Å². The quantitative estimate of drug-likeness (QED) is 0.524. The molecule has 9 heteroatoms. The predicted octanol–water partition coefficient (Wildman–Crippen LogP) is 2.97. The first-order chi connectivity index (χ1) is 13.5. The summed E-state index contributed by atoms with van der Waals surface area (Å²) in [7, 11) is 1.49. The monoisotopic (exact) mass is 398 g/mol. The number of nitro groups is 1. The Bertz CT molecular complexity index is 1080. The van der Waals surface area contributed by atoms with Crippen molar-refractivity contribution in [3.8, 4) is 16.5 Å². The van der Waals surface area contributed by atoms with Crippen LogP contribution in [0.3, 0.4) is 0 Å². The number of nitrogens with one attached hydrogen (secondary N) is 1. The number of methoxy groups -OCH3 is 1. The van der Waals surface area contributed by atoms with Crippen molar-refractivity contribution < 1.29 is 9.66 Å². The topological polar surface area (TPSA) is 101 Å². The van der Waals surface area contributed by atoms with Gasteiger partial charge >= 0.3 is 0 Å². The Hall–Kier alpha value is -3.04. The van der Waals surface area contributed by atoms with Gasteiger partial charge in [0.05, 0.1) is 34.2 Å². The average molecular weight is 398 g/mol. The highest BCUT2D eigenvalue weighted by Gasteiger charge is 2.23. The van der Waals surface area contributed by atoms with Gasteiger partial charge in [0.25, 0.3) is 11.2 Å². The van der Waals surface area contributed by atoms with E-state index < -0.39 is 4.92 Å². The molecule has 8 nitrogen and oxygen atoms in total. The first kappa shape index (κ1) is 18.3.